The van der Waals surface area contributed by atoms with Crippen molar-refractivity contribution in [1.82, 2.24) is 10.3 Å². The summed E-state index contributed by atoms with van der Waals surface area (Å²) in [5.74, 6) is -0.413. The second-order valence-corrected chi connectivity index (χ2v) is 11.7. The highest BCUT2D eigenvalue weighted by molar-refractivity contribution is 7.22. The van der Waals surface area contributed by atoms with Crippen molar-refractivity contribution in [2.75, 3.05) is 29.9 Å². The van der Waals surface area contributed by atoms with E-state index in [9.17, 15) is 14.4 Å². The highest BCUT2D eigenvalue weighted by Gasteiger charge is 2.46. The van der Waals surface area contributed by atoms with Crippen LogP contribution in [0.4, 0.5) is 10.8 Å². The Labute approximate surface area is 210 Å². The lowest BCUT2D eigenvalue weighted by Crippen LogP contribution is -2.43. The number of benzene rings is 1. The average molecular weight is 501 g/mol. The number of anilines is 2. The topological polar surface area (TPSA) is 101 Å². The number of thiazole rings is 1. The zero-order valence-corrected chi connectivity index (χ0v) is 21.8. The Morgan fingerprint density at radius 2 is 2.06 bits per heavy atom. The van der Waals surface area contributed by atoms with Gasteiger partial charge in [0.1, 0.15) is 5.60 Å². The normalized spacial score (nSPS) is 20.8. The Morgan fingerprint density at radius 1 is 1.23 bits per heavy atom. The Kier molecular flexibility index (Phi) is 7.64. The number of hydrogen-bond acceptors (Lipinski definition) is 8. The van der Waals surface area contributed by atoms with Crippen molar-refractivity contribution in [1.29, 1.82) is 0 Å². The van der Waals surface area contributed by atoms with Crippen LogP contribution >= 0.6 is 11.3 Å². The molecule has 2 N–H and O–H groups in total. The minimum atomic E-state index is -0.486. The second-order valence-electron chi connectivity index (χ2n) is 10.7. The molecule has 2 saturated heterocycles. The first-order chi connectivity index (χ1) is 16.6. The second kappa shape index (κ2) is 10.5. The monoisotopic (exact) mass is 500 g/mol. The molecule has 0 bridgehead atoms. The Morgan fingerprint density at radius 3 is 2.86 bits per heavy atom. The quantitative estimate of drug-likeness (QED) is 0.309. The molecular weight excluding hydrogens is 464 g/mol. The van der Waals surface area contributed by atoms with Gasteiger partial charge in [0.15, 0.2) is 5.13 Å². The van der Waals surface area contributed by atoms with Crippen LogP contribution in [0.1, 0.15) is 72.1 Å². The third-order valence-electron chi connectivity index (χ3n) is 6.60. The van der Waals surface area contributed by atoms with Gasteiger partial charge in [-0.25, -0.2) is 4.98 Å². The fraction of sp³-hybridized carbons (Fsp3) is 0.615. The summed E-state index contributed by atoms with van der Waals surface area (Å²) in [6.45, 7) is 7.89. The van der Waals surface area contributed by atoms with Gasteiger partial charge < -0.3 is 15.0 Å². The first-order valence-electron chi connectivity index (χ1n) is 12.6. The van der Waals surface area contributed by atoms with Crippen molar-refractivity contribution in [2.24, 2.45) is 5.41 Å². The number of fused-ring (bicyclic) bond motifs is 1. The Balaban J connectivity index is 1.27. The predicted molar refractivity (Wildman–Crippen MR) is 139 cm³/mol. The lowest BCUT2D eigenvalue weighted by atomic mass is 9.82. The molecule has 2 amide bonds. The van der Waals surface area contributed by atoms with E-state index in [0.717, 1.165) is 72.7 Å². The number of aromatic nitrogens is 1. The van der Waals surface area contributed by atoms with E-state index >= 15 is 0 Å². The summed E-state index contributed by atoms with van der Waals surface area (Å²) in [6.07, 6.45) is 5.92. The third kappa shape index (κ3) is 6.51. The van der Waals surface area contributed by atoms with Crippen LogP contribution in [0.25, 0.3) is 10.2 Å². The molecule has 9 heteroatoms. The minimum Gasteiger partial charge on any atom is -0.460 e. The molecule has 2 fully saturated rings. The van der Waals surface area contributed by atoms with E-state index in [1.807, 2.05) is 32.9 Å². The van der Waals surface area contributed by atoms with Gasteiger partial charge in [0, 0.05) is 38.2 Å². The van der Waals surface area contributed by atoms with Crippen LogP contribution in [-0.2, 0) is 19.1 Å². The first-order valence-corrected chi connectivity index (χ1v) is 13.4. The van der Waals surface area contributed by atoms with Gasteiger partial charge in [-0.1, -0.05) is 17.8 Å². The van der Waals surface area contributed by atoms with Gasteiger partial charge >= 0.3 is 5.97 Å². The molecule has 1 unspecified atom stereocenters. The van der Waals surface area contributed by atoms with Crippen LogP contribution < -0.4 is 15.5 Å². The summed E-state index contributed by atoms with van der Waals surface area (Å²) in [6, 6.07) is 6.20. The molecule has 1 aromatic heterocycles. The van der Waals surface area contributed by atoms with E-state index in [1.54, 1.807) is 11.3 Å². The predicted octanol–water partition coefficient (Wildman–Crippen LogP) is 4.63. The molecule has 1 aromatic carbocycles. The number of imide groups is 1. The summed E-state index contributed by atoms with van der Waals surface area (Å²) >= 11 is 1.64. The van der Waals surface area contributed by atoms with Gasteiger partial charge in [0.05, 0.1) is 15.6 Å². The molecule has 1 spiro atoms. The molecule has 0 aliphatic carbocycles. The summed E-state index contributed by atoms with van der Waals surface area (Å²) in [5.41, 5.74) is 1.10. The standard InChI is InChI=1S/C26H36N4O4S/c1-25(2,3)34-22(32)9-5-4-6-14-27-18-10-11-19-20(16-18)35-24(28-19)30-15-13-26(17-30)12-7-8-21(31)29-23(26)33/h10-11,16,27H,4-9,12-15,17H2,1-3H3,(H,29,31,33). The number of rotatable bonds is 8. The van der Waals surface area contributed by atoms with Crippen molar-refractivity contribution in [2.45, 2.75) is 77.7 Å². The van der Waals surface area contributed by atoms with Crippen molar-refractivity contribution in [3.05, 3.63) is 18.2 Å². The number of unbranched alkanes of at least 4 members (excludes halogenated alkanes) is 2. The summed E-state index contributed by atoms with van der Waals surface area (Å²) in [5, 5.41) is 6.97. The summed E-state index contributed by atoms with van der Waals surface area (Å²) in [7, 11) is 0. The largest absolute Gasteiger partial charge is 0.460 e. The van der Waals surface area contributed by atoms with E-state index in [0.29, 0.717) is 19.4 Å². The number of carbonyl (C=O) groups excluding carboxylic acids is 3. The number of ether oxygens (including phenoxy) is 1. The van der Waals surface area contributed by atoms with Gasteiger partial charge in [-0.3, -0.25) is 19.7 Å². The number of esters is 1. The van der Waals surface area contributed by atoms with Crippen LogP contribution in [0, 0.1) is 5.41 Å². The summed E-state index contributed by atoms with van der Waals surface area (Å²) < 4.78 is 6.45. The van der Waals surface area contributed by atoms with E-state index < -0.39 is 11.0 Å². The third-order valence-corrected chi connectivity index (χ3v) is 7.68. The van der Waals surface area contributed by atoms with Gasteiger partial charge in [0.25, 0.3) is 0 Å². The molecule has 0 radical (unpaired) electrons. The Hall–Kier alpha value is -2.68. The van der Waals surface area contributed by atoms with Crippen molar-refractivity contribution in [3.63, 3.8) is 0 Å². The van der Waals surface area contributed by atoms with Gasteiger partial charge in [0.2, 0.25) is 11.8 Å². The molecule has 2 aliphatic rings. The Bertz CT molecular complexity index is 1090. The molecule has 0 saturated carbocycles. The fourth-order valence-electron chi connectivity index (χ4n) is 4.80. The molecule has 1 atom stereocenters. The van der Waals surface area contributed by atoms with Crippen molar-refractivity contribution < 1.29 is 19.1 Å². The van der Waals surface area contributed by atoms with Gasteiger partial charge in [-0.05, 0) is 71.1 Å². The molecular formula is C26H36N4O4S. The van der Waals surface area contributed by atoms with Crippen molar-refractivity contribution in [3.8, 4) is 0 Å². The number of hydrogen-bond donors (Lipinski definition) is 2. The molecule has 8 nitrogen and oxygen atoms in total. The zero-order valence-electron chi connectivity index (χ0n) is 20.9. The number of nitrogens with zero attached hydrogens (tertiary/aromatic N) is 2. The summed E-state index contributed by atoms with van der Waals surface area (Å²) in [4.78, 5) is 43.2. The highest BCUT2D eigenvalue weighted by atomic mass is 32.1. The highest BCUT2D eigenvalue weighted by Crippen LogP contribution is 2.41. The maximum Gasteiger partial charge on any atom is 0.306 e. The SMILES string of the molecule is CC(C)(C)OC(=O)CCCCCNc1ccc2nc(N3CCC4(CCCC(=O)NC4=O)C3)sc2c1. The lowest BCUT2D eigenvalue weighted by Gasteiger charge is -2.25. The molecule has 2 aliphatic heterocycles. The number of carbonyl (C=O) groups is 3. The molecule has 35 heavy (non-hydrogen) atoms. The molecule has 3 heterocycles. The van der Waals surface area contributed by atoms with Crippen LogP contribution in [0.15, 0.2) is 18.2 Å². The molecule has 4 rings (SSSR count). The average Bonchev–Trinajstić information content (AvgIpc) is 3.36. The van der Waals surface area contributed by atoms with Gasteiger partial charge in [-0.15, -0.1) is 0 Å². The maximum absolute atomic E-state index is 12.7. The van der Waals surface area contributed by atoms with Crippen LogP contribution in [-0.4, -0.2) is 48.0 Å². The fourth-order valence-corrected chi connectivity index (χ4v) is 5.83. The smallest absolute Gasteiger partial charge is 0.306 e. The maximum atomic E-state index is 12.7. The molecule has 190 valence electrons. The van der Waals surface area contributed by atoms with E-state index in [2.05, 4.69) is 21.6 Å². The van der Waals surface area contributed by atoms with Crippen LogP contribution in [0.3, 0.4) is 0 Å². The van der Waals surface area contributed by atoms with Crippen LogP contribution in [0.2, 0.25) is 0 Å². The zero-order chi connectivity index (χ0) is 25.1. The van der Waals surface area contributed by atoms with Gasteiger partial charge in [-0.2, -0.15) is 0 Å². The number of amides is 2. The van der Waals surface area contributed by atoms with E-state index in [-0.39, 0.29) is 17.8 Å². The van der Waals surface area contributed by atoms with E-state index in [4.69, 9.17) is 9.72 Å². The minimum absolute atomic E-state index is 0.124. The molecule has 2 aromatic rings. The lowest BCUT2D eigenvalue weighted by molar-refractivity contribution is -0.155. The van der Waals surface area contributed by atoms with E-state index in [1.165, 1.54) is 0 Å². The van der Waals surface area contributed by atoms with Crippen molar-refractivity contribution >= 4 is 50.2 Å². The first kappa shape index (κ1) is 25.4. The van der Waals surface area contributed by atoms with Crippen LogP contribution in [0.5, 0.6) is 0 Å². The number of nitrogens with one attached hydrogen (secondary N) is 2.